The van der Waals surface area contributed by atoms with Crippen LogP contribution in [0.15, 0.2) is 49.1 Å². The first-order chi connectivity index (χ1) is 13.7. The molecular weight excluding hydrogens is 358 g/mol. The quantitative estimate of drug-likeness (QED) is 0.484. The summed E-state index contributed by atoms with van der Waals surface area (Å²) in [7, 11) is 1.01. The third-order valence-corrected chi connectivity index (χ3v) is 12.5. The molecule has 0 aliphatic carbocycles. The van der Waals surface area contributed by atoms with Crippen LogP contribution < -0.4 is 9.75 Å². The Morgan fingerprint density at radius 3 is 2.64 bits per heavy atom. The Hall–Kier alpha value is -2.33. The number of pyridine rings is 3. The van der Waals surface area contributed by atoms with E-state index < -0.39 is 8.07 Å². The van der Waals surface area contributed by atoms with Crippen LogP contribution in [0.25, 0.3) is 22.5 Å². The molecule has 0 N–H and O–H groups in total. The highest BCUT2D eigenvalue weighted by atomic mass is 28.3. The van der Waals surface area contributed by atoms with E-state index in [2.05, 4.69) is 52.9 Å². The molecule has 0 bridgehead atoms. The lowest BCUT2D eigenvalue weighted by Gasteiger charge is -2.32. The van der Waals surface area contributed by atoms with E-state index in [1.165, 1.54) is 60.6 Å². The molecule has 5 rings (SSSR count). The summed E-state index contributed by atoms with van der Waals surface area (Å²) >= 11 is 0. The number of nitrogens with zero attached hydrogens (tertiary/aromatic N) is 3. The summed E-state index contributed by atoms with van der Waals surface area (Å²) in [6.45, 7) is 2.17. The zero-order valence-corrected chi connectivity index (χ0v) is 17.9. The van der Waals surface area contributed by atoms with Crippen molar-refractivity contribution in [3.05, 3.63) is 60.2 Å². The second-order valence-corrected chi connectivity index (χ2v) is 13.3. The molecule has 4 heteroatoms. The fourth-order valence-electron chi connectivity index (χ4n) is 5.44. The second-order valence-electron chi connectivity index (χ2n) is 8.68. The average molecular weight is 387 g/mol. The van der Waals surface area contributed by atoms with Crippen molar-refractivity contribution in [2.75, 3.05) is 0 Å². The van der Waals surface area contributed by atoms with E-state index in [-0.39, 0.29) is 0 Å². The summed E-state index contributed by atoms with van der Waals surface area (Å²) in [6.07, 6.45) is 13.8. The molecule has 3 nitrogen and oxygen atoms in total. The predicted molar refractivity (Wildman–Crippen MR) is 116 cm³/mol. The lowest BCUT2D eigenvalue weighted by molar-refractivity contribution is -0.659. The number of hydrogen-bond acceptors (Lipinski definition) is 2. The van der Waals surface area contributed by atoms with E-state index in [0.29, 0.717) is 0 Å². The maximum Gasteiger partial charge on any atom is 0.212 e. The van der Waals surface area contributed by atoms with Crippen molar-refractivity contribution in [2.24, 2.45) is 7.05 Å². The summed E-state index contributed by atoms with van der Waals surface area (Å²) in [4.78, 5) is 8.93. The Balaban J connectivity index is 1.63. The molecule has 142 valence electrons. The summed E-state index contributed by atoms with van der Waals surface area (Å²) in [5, 5.41) is 1.77. The molecule has 5 heterocycles. The minimum absolute atomic E-state index is 0.994. The number of aromatic nitrogens is 3. The van der Waals surface area contributed by atoms with Gasteiger partial charge in [-0.2, -0.15) is 0 Å². The van der Waals surface area contributed by atoms with E-state index >= 15 is 0 Å². The second kappa shape index (κ2) is 6.93. The Kier molecular flexibility index (Phi) is 4.39. The highest BCUT2D eigenvalue weighted by molar-refractivity contribution is 6.92. The van der Waals surface area contributed by atoms with Crippen LogP contribution in [0.1, 0.15) is 30.4 Å². The van der Waals surface area contributed by atoms with Crippen LogP contribution in [0.5, 0.6) is 0 Å². The van der Waals surface area contributed by atoms with Gasteiger partial charge in [0.05, 0.1) is 19.3 Å². The van der Waals surface area contributed by atoms with E-state index in [1.54, 1.807) is 10.8 Å². The summed E-state index contributed by atoms with van der Waals surface area (Å²) in [5.41, 5.74) is 7.52. The van der Waals surface area contributed by atoms with E-state index in [0.717, 1.165) is 11.3 Å². The van der Waals surface area contributed by atoms with Gasteiger partial charge in [0.2, 0.25) is 5.69 Å². The van der Waals surface area contributed by atoms with Crippen LogP contribution in [0, 0.1) is 6.92 Å². The van der Waals surface area contributed by atoms with Crippen LogP contribution in [0.3, 0.4) is 0 Å². The minimum atomic E-state index is -1.21. The lowest BCUT2D eigenvalue weighted by Crippen LogP contribution is -2.53. The first kappa shape index (κ1) is 17.7. The van der Waals surface area contributed by atoms with Crippen LogP contribution >= 0.6 is 0 Å². The zero-order valence-electron chi connectivity index (χ0n) is 16.9. The van der Waals surface area contributed by atoms with Crippen molar-refractivity contribution in [3.63, 3.8) is 0 Å². The Labute approximate surface area is 168 Å². The first-order valence-electron chi connectivity index (χ1n) is 10.6. The van der Waals surface area contributed by atoms with Gasteiger partial charge in [0.25, 0.3) is 0 Å². The SMILES string of the molecule is Cc1cnc(-c2cccnc2)cc1-c1cc2c(c[n+]1C)[Si]1(CCCC1)CCC2. The standard InChI is InChI=1S/C24H28N3Si/c1-18-15-26-22(20-7-5-9-25-16-20)14-21(18)23-13-19-8-6-12-28(10-3-4-11-28)24(19)17-27(23)2/h5,7,9,13-17H,3-4,6,8,10-12H2,1-2H3/q+1. The third-order valence-electron chi connectivity index (χ3n) is 6.93. The molecular formula is C24H28N3Si+. The molecule has 3 aromatic rings. The fourth-order valence-corrected chi connectivity index (χ4v) is 11.0. The molecule has 0 radical (unpaired) electrons. The van der Waals surface area contributed by atoms with Gasteiger partial charge in [0, 0.05) is 35.4 Å². The molecule has 0 aromatic carbocycles. The van der Waals surface area contributed by atoms with Crippen LogP contribution in [0.2, 0.25) is 18.1 Å². The molecule has 2 aliphatic heterocycles. The Morgan fingerprint density at radius 2 is 1.86 bits per heavy atom. The topological polar surface area (TPSA) is 29.7 Å². The van der Waals surface area contributed by atoms with E-state index in [4.69, 9.17) is 0 Å². The Morgan fingerprint density at radius 1 is 1.04 bits per heavy atom. The Bertz CT molecular complexity index is 1020. The van der Waals surface area contributed by atoms with Crippen molar-refractivity contribution < 1.29 is 4.57 Å². The third kappa shape index (κ3) is 2.91. The van der Waals surface area contributed by atoms with Gasteiger partial charge in [-0.15, -0.1) is 0 Å². The monoisotopic (exact) mass is 386 g/mol. The number of hydrogen-bond donors (Lipinski definition) is 0. The van der Waals surface area contributed by atoms with E-state index in [1.807, 2.05) is 24.7 Å². The van der Waals surface area contributed by atoms with Gasteiger partial charge in [-0.25, -0.2) is 4.57 Å². The van der Waals surface area contributed by atoms with Crippen LogP contribution in [-0.4, -0.2) is 18.0 Å². The average Bonchev–Trinajstić information content (AvgIpc) is 3.19. The molecule has 28 heavy (non-hydrogen) atoms. The van der Waals surface area contributed by atoms with Crippen molar-refractivity contribution in [3.8, 4) is 22.5 Å². The number of aryl methyl sites for hydroxylation is 3. The molecule has 2 aliphatic rings. The lowest BCUT2D eigenvalue weighted by atomic mass is 10.0. The van der Waals surface area contributed by atoms with Crippen molar-refractivity contribution in [2.45, 2.75) is 50.7 Å². The fraction of sp³-hybridized carbons (Fsp3) is 0.375. The highest BCUT2D eigenvalue weighted by Crippen LogP contribution is 2.38. The maximum absolute atomic E-state index is 4.67. The minimum Gasteiger partial charge on any atom is -0.264 e. The van der Waals surface area contributed by atoms with Gasteiger partial charge in [0.15, 0.2) is 6.20 Å². The summed E-state index contributed by atoms with van der Waals surface area (Å²) in [6, 6.07) is 13.3. The van der Waals surface area contributed by atoms with Gasteiger partial charge in [-0.3, -0.25) is 9.97 Å². The van der Waals surface area contributed by atoms with Gasteiger partial charge >= 0.3 is 0 Å². The normalized spacial score (nSPS) is 17.6. The molecule has 1 saturated heterocycles. The molecule has 0 atom stereocenters. The number of rotatable bonds is 2. The van der Waals surface area contributed by atoms with Gasteiger partial charge in [-0.1, -0.05) is 37.4 Å². The highest BCUT2D eigenvalue weighted by Gasteiger charge is 2.43. The molecule has 1 spiro atoms. The van der Waals surface area contributed by atoms with Crippen molar-refractivity contribution >= 4 is 13.3 Å². The van der Waals surface area contributed by atoms with Crippen LogP contribution in [0.4, 0.5) is 0 Å². The van der Waals surface area contributed by atoms with Crippen molar-refractivity contribution in [1.29, 1.82) is 0 Å². The first-order valence-corrected chi connectivity index (χ1v) is 13.2. The maximum atomic E-state index is 4.67. The van der Waals surface area contributed by atoms with Crippen LogP contribution in [-0.2, 0) is 13.5 Å². The predicted octanol–water partition coefficient (Wildman–Crippen LogP) is 4.34. The van der Waals surface area contributed by atoms with Gasteiger partial charge in [-0.05, 0) is 42.7 Å². The van der Waals surface area contributed by atoms with Gasteiger partial charge in [0.1, 0.15) is 7.05 Å². The summed E-state index contributed by atoms with van der Waals surface area (Å²) in [5.74, 6) is 0. The van der Waals surface area contributed by atoms with E-state index in [9.17, 15) is 0 Å². The summed E-state index contributed by atoms with van der Waals surface area (Å²) < 4.78 is 2.38. The van der Waals surface area contributed by atoms with Crippen molar-refractivity contribution in [1.82, 2.24) is 9.97 Å². The largest absolute Gasteiger partial charge is 0.264 e. The molecule has 1 fully saturated rings. The molecule has 0 unspecified atom stereocenters. The smallest absolute Gasteiger partial charge is 0.212 e. The number of fused-ring (bicyclic) bond motifs is 2. The molecule has 0 saturated carbocycles. The zero-order chi connectivity index (χ0) is 19.1. The molecule has 0 amide bonds. The van der Waals surface area contributed by atoms with Gasteiger partial charge < -0.3 is 0 Å². The molecule has 3 aromatic heterocycles.